The second kappa shape index (κ2) is 6.66. The second-order valence-corrected chi connectivity index (χ2v) is 5.30. The zero-order valence-electron chi connectivity index (χ0n) is 12.6. The highest BCUT2D eigenvalue weighted by atomic mass is 15.3. The van der Waals surface area contributed by atoms with Crippen molar-refractivity contribution < 1.29 is 0 Å². The van der Waals surface area contributed by atoms with Crippen LogP contribution in [0.3, 0.4) is 0 Å². The first-order valence-electron chi connectivity index (χ1n) is 7.35. The number of pyridine rings is 1. The number of nitrogens with two attached hydrogens (primary N) is 1. The third kappa shape index (κ3) is 3.25. The molecule has 0 radical (unpaired) electrons. The van der Waals surface area contributed by atoms with Gasteiger partial charge in [-0.05, 0) is 43.0 Å². The topological polar surface area (TPSA) is 56.7 Å². The van der Waals surface area contributed by atoms with Crippen LogP contribution in [0.4, 0.5) is 0 Å². The van der Waals surface area contributed by atoms with Gasteiger partial charge in [-0.1, -0.05) is 13.8 Å². The Kier molecular flexibility index (Phi) is 4.90. The fourth-order valence-electron chi connectivity index (χ4n) is 2.59. The SMILES string of the molecule is CCC(CC)n1ccc(CC(N)c2ccncc2C)n1. The molecule has 4 heteroatoms. The Morgan fingerprint density at radius 1 is 1.25 bits per heavy atom. The summed E-state index contributed by atoms with van der Waals surface area (Å²) in [4.78, 5) is 4.11. The van der Waals surface area contributed by atoms with Crippen molar-refractivity contribution in [2.75, 3.05) is 0 Å². The first-order chi connectivity index (χ1) is 9.65. The smallest absolute Gasteiger partial charge is 0.0643 e. The molecule has 0 aliphatic rings. The number of aryl methyl sites for hydroxylation is 1. The van der Waals surface area contributed by atoms with E-state index in [0.717, 1.165) is 36.1 Å². The maximum Gasteiger partial charge on any atom is 0.0643 e. The van der Waals surface area contributed by atoms with Crippen LogP contribution in [-0.2, 0) is 6.42 Å². The Hall–Kier alpha value is -1.68. The lowest BCUT2D eigenvalue weighted by Crippen LogP contribution is -2.16. The van der Waals surface area contributed by atoms with Crippen LogP contribution >= 0.6 is 0 Å². The Balaban J connectivity index is 2.09. The second-order valence-electron chi connectivity index (χ2n) is 5.30. The van der Waals surface area contributed by atoms with Crippen molar-refractivity contribution in [3.8, 4) is 0 Å². The number of nitrogens with zero attached hydrogens (tertiary/aromatic N) is 3. The molecular weight excluding hydrogens is 248 g/mol. The van der Waals surface area contributed by atoms with Gasteiger partial charge in [0.2, 0.25) is 0 Å². The summed E-state index contributed by atoms with van der Waals surface area (Å²) < 4.78 is 2.07. The summed E-state index contributed by atoms with van der Waals surface area (Å²) in [5, 5.41) is 4.67. The molecule has 1 atom stereocenters. The molecule has 2 N–H and O–H groups in total. The minimum Gasteiger partial charge on any atom is -0.324 e. The normalized spacial score (nSPS) is 12.8. The predicted octanol–water partition coefficient (Wildman–Crippen LogP) is 3.19. The van der Waals surface area contributed by atoms with Gasteiger partial charge < -0.3 is 5.73 Å². The van der Waals surface area contributed by atoms with Gasteiger partial charge in [0.15, 0.2) is 0 Å². The van der Waals surface area contributed by atoms with Gasteiger partial charge in [0.1, 0.15) is 0 Å². The summed E-state index contributed by atoms with van der Waals surface area (Å²) in [6.45, 7) is 6.44. The Bertz CT molecular complexity index is 543. The lowest BCUT2D eigenvalue weighted by atomic mass is 10.0. The van der Waals surface area contributed by atoms with Gasteiger partial charge in [0, 0.05) is 31.1 Å². The van der Waals surface area contributed by atoms with Crippen molar-refractivity contribution in [2.45, 2.75) is 52.1 Å². The average molecular weight is 272 g/mol. The molecule has 0 bridgehead atoms. The van der Waals surface area contributed by atoms with Crippen LogP contribution in [0.25, 0.3) is 0 Å². The molecule has 0 spiro atoms. The molecule has 4 nitrogen and oxygen atoms in total. The van der Waals surface area contributed by atoms with Gasteiger partial charge in [-0.25, -0.2) is 0 Å². The minimum absolute atomic E-state index is 0.0250. The largest absolute Gasteiger partial charge is 0.324 e. The number of hydrogen-bond acceptors (Lipinski definition) is 3. The summed E-state index contributed by atoms with van der Waals surface area (Å²) in [6.07, 6.45) is 8.69. The number of rotatable bonds is 6. The molecule has 108 valence electrons. The standard InChI is InChI=1S/C16H24N4/c1-4-14(5-2)20-9-7-13(19-20)10-16(17)15-6-8-18-11-12(15)3/h6-9,11,14,16H,4-5,10,17H2,1-3H3. The third-order valence-corrected chi connectivity index (χ3v) is 3.87. The molecular formula is C16H24N4. The average Bonchev–Trinajstić information content (AvgIpc) is 2.89. The summed E-state index contributed by atoms with van der Waals surface area (Å²) >= 11 is 0. The monoisotopic (exact) mass is 272 g/mol. The van der Waals surface area contributed by atoms with Crippen LogP contribution in [0.5, 0.6) is 0 Å². The zero-order valence-corrected chi connectivity index (χ0v) is 12.6. The lowest BCUT2D eigenvalue weighted by molar-refractivity contribution is 0.424. The predicted molar refractivity (Wildman–Crippen MR) is 81.5 cm³/mol. The van der Waals surface area contributed by atoms with E-state index in [2.05, 4.69) is 40.9 Å². The molecule has 0 fully saturated rings. The highest BCUT2D eigenvalue weighted by molar-refractivity contribution is 5.26. The summed E-state index contributed by atoms with van der Waals surface area (Å²) in [5.74, 6) is 0. The van der Waals surface area contributed by atoms with Crippen LogP contribution in [-0.4, -0.2) is 14.8 Å². The quantitative estimate of drug-likeness (QED) is 0.878. The van der Waals surface area contributed by atoms with Crippen LogP contribution in [0, 0.1) is 6.92 Å². The van der Waals surface area contributed by atoms with E-state index in [9.17, 15) is 0 Å². The van der Waals surface area contributed by atoms with E-state index >= 15 is 0 Å². The van der Waals surface area contributed by atoms with Gasteiger partial charge in [-0.15, -0.1) is 0 Å². The van der Waals surface area contributed by atoms with E-state index in [0.29, 0.717) is 6.04 Å². The molecule has 0 saturated heterocycles. The molecule has 1 unspecified atom stereocenters. The molecule has 0 saturated carbocycles. The Morgan fingerprint density at radius 3 is 2.65 bits per heavy atom. The van der Waals surface area contributed by atoms with E-state index in [4.69, 9.17) is 5.73 Å². The fraction of sp³-hybridized carbons (Fsp3) is 0.500. The Morgan fingerprint density at radius 2 is 2.00 bits per heavy atom. The van der Waals surface area contributed by atoms with Gasteiger partial charge in [0.25, 0.3) is 0 Å². The van der Waals surface area contributed by atoms with Crippen LogP contribution in [0.15, 0.2) is 30.7 Å². The molecule has 2 aromatic heterocycles. The van der Waals surface area contributed by atoms with Crippen molar-refractivity contribution in [1.82, 2.24) is 14.8 Å². The first kappa shape index (κ1) is 14.7. The molecule has 0 aromatic carbocycles. The molecule has 0 amide bonds. The van der Waals surface area contributed by atoms with Crippen LogP contribution in [0.1, 0.15) is 55.6 Å². The summed E-state index contributed by atoms with van der Waals surface area (Å²) in [5.41, 5.74) is 9.65. The zero-order chi connectivity index (χ0) is 14.5. The number of hydrogen-bond donors (Lipinski definition) is 1. The van der Waals surface area contributed by atoms with Gasteiger partial charge in [-0.3, -0.25) is 9.67 Å². The Labute approximate surface area is 121 Å². The van der Waals surface area contributed by atoms with Gasteiger partial charge in [0.05, 0.1) is 11.7 Å². The highest BCUT2D eigenvalue weighted by Crippen LogP contribution is 2.19. The lowest BCUT2D eigenvalue weighted by Gasteiger charge is -2.14. The molecule has 0 aliphatic carbocycles. The fourth-order valence-corrected chi connectivity index (χ4v) is 2.59. The highest BCUT2D eigenvalue weighted by Gasteiger charge is 2.13. The van der Waals surface area contributed by atoms with E-state index in [-0.39, 0.29) is 6.04 Å². The summed E-state index contributed by atoms with van der Waals surface area (Å²) in [7, 11) is 0. The molecule has 2 aromatic rings. The van der Waals surface area contributed by atoms with Gasteiger partial charge in [-0.2, -0.15) is 5.10 Å². The maximum absolute atomic E-state index is 6.30. The summed E-state index contributed by atoms with van der Waals surface area (Å²) in [6, 6.07) is 4.54. The van der Waals surface area contributed by atoms with Gasteiger partial charge >= 0.3 is 0 Å². The third-order valence-electron chi connectivity index (χ3n) is 3.87. The van der Waals surface area contributed by atoms with Crippen molar-refractivity contribution >= 4 is 0 Å². The van der Waals surface area contributed by atoms with Crippen LogP contribution < -0.4 is 5.73 Å². The van der Waals surface area contributed by atoms with E-state index in [1.807, 2.05) is 19.2 Å². The van der Waals surface area contributed by atoms with E-state index in [1.54, 1.807) is 6.20 Å². The van der Waals surface area contributed by atoms with E-state index in [1.165, 1.54) is 0 Å². The molecule has 2 rings (SSSR count). The first-order valence-corrected chi connectivity index (χ1v) is 7.35. The maximum atomic E-state index is 6.30. The molecule has 0 aliphatic heterocycles. The van der Waals surface area contributed by atoms with Crippen LogP contribution in [0.2, 0.25) is 0 Å². The van der Waals surface area contributed by atoms with Crippen molar-refractivity contribution in [2.24, 2.45) is 5.73 Å². The van der Waals surface area contributed by atoms with Crippen molar-refractivity contribution in [1.29, 1.82) is 0 Å². The number of aromatic nitrogens is 3. The minimum atomic E-state index is -0.0250. The van der Waals surface area contributed by atoms with E-state index < -0.39 is 0 Å². The van der Waals surface area contributed by atoms with Crippen molar-refractivity contribution in [3.63, 3.8) is 0 Å². The molecule has 2 heterocycles. The molecule has 20 heavy (non-hydrogen) atoms. The van der Waals surface area contributed by atoms with Crippen molar-refractivity contribution in [3.05, 3.63) is 47.5 Å².